The first kappa shape index (κ1) is 12.0. The van der Waals surface area contributed by atoms with Crippen molar-refractivity contribution in [2.75, 3.05) is 0 Å². The minimum Gasteiger partial charge on any atom is -0.481 e. The van der Waals surface area contributed by atoms with Gasteiger partial charge in [0.15, 0.2) is 5.01 Å². The van der Waals surface area contributed by atoms with Gasteiger partial charge in [-0.05, 0) is 0 Å². The molecule has 0 saturated heterocycles. The zero-order chi connectivity index (χ0) is 11.6. The van der Waals surface area contributed by atoms with Crippen molar-refractivity contribution in [3.63, 3.8) is 0 Å². The molecule has 0 aromatic carbocycles. The number of aromatic nitrogens is 1. The monoisotopic (exact) mass is 239 g/mol. The highest BCUT2D eigenvalue weighted by molar-refractivity contribution is 7.11. The van der Waals surface area contributed by atoms with Crippen LogP contribution in [0.3, 0.4) is 0 Å². The smallest absolute Gasteiger partial charge is 0.443 e. The van der Waals surface area contributed by atoms with E-state index >= 15 is 0 Å². The maximum Gasteiger partial charge on any atom is 0.443 e. The molecule has 0 aliphatic heterocycles. The van der Waals surface area contributed by atoms with Crippen LogP contribution in [-0.2, 0) is 11.0 Å². The molecule has 0 radical (unpaired) electrons. The normalized spacial score (nSPS) is 13.9. The molecular weight excluding hydrogens is 231 g/mol. The van der Waals surface area contributed by atoms with Gasteiger partial charge >= 0.3 is 12.1 Å². The molecule has 0 saturated carbocycles. The number of carbonyl (C=O) groups is 1. The van der Waals surface area contributed by atoms with Crippen LogP contribution in [0.4, 0.5) is 13.2 Å². The molecule has 7 heteroatoms. The van der Waals surface area contributed by atoms with Crippen LogP contribution in [0.2, 0.25) is 0 Å². The molecule has 84 valence electrons. The van der Waals surface area contributed by atoms with Crippen LogP contribution in [0.15, 0.2) is 6.20 Å². The van der Waals surface area contributed by atoms with Gasteiger partial charge in [0.05, 0.1) is 6.42 Å². The average molecular weight is 239 g/mol. The van der Waals surface area contributed by atoms with Crippen molar-refractivity contribution < 1.29 is 23.1 Å². The van der Waals surface area contributed by atoms with Crippen molar-refractivity contribution in [2.24, 2.45) is 0 Å². The Morgan fingerprint density at radius 2 is 2.27 bits per heavy atom. The van der Waals surface area contributed by atoms with Gasteiger partial charge in [-0.15, -0.1) is 11.3 Å². The van der Waals surface area contributed by atoms with E-state index < -0.39 is 23.1 Å². The predicted molar refractivity (Wildman–Crippen MR) is 47.8 cm³/mol. The van der Waals surface area contributed by atoms with E-state index in [1.165, 1.54) is 0 Å². The van der Waals surface area contributed by atoms with E-state index in [1.54, 1.807) is 6.92 Å². The van der Waals surface area contributed by atoms with E-state index in [0.717, 1.165) is 6.20 Å². The van der Waals surface area contributed by atoms with Crippen molar-refractivity contribution in [1.29, 1.82) is 0 Å². The highest BCUT2D eigenvalue weighted by Gasteiger charge is 2.35. The van der Waals surface area contributed by atoms with E-state index in [-0.39, 0.29) is 6.42 Å². The molecule has 1 aromatic rings. The fourth-order valence-electron chi connectivity index (χ4n) is 1.01. The number of halogens is 3. The lowest BCUT2D eigenvalue weighted by Gasteiger charge is -2.04. The predicted octanol–water partition coefficient (Wildman–Crippen LogP) is 2.74. The van der Waals surface area contributed by atoms with E-state index in [0.29, 0.717) is 16.2 Å². The second kappa shape index (κ2) is 4.18. The molecule has 3 nitrogen and oxygen atoms in total. The molecule has 15 heavy (non-hydrogen) atoms. The number of nitrogens with zero attached hydrogens (tertiary/aromatic N) is 1. The Hall–Kier alpha value is -1.11. The highest BCUT2D eigenvalue weighted by atomic mass is 32.1. The Morgan fingerprint density at radius 1 is 1.67 bits per heavy atom. The highest BCUT2D eigenvalue weighted by Crippen LogP contribution is 2.35. The molecule has 0 amide bonds. The zero-order valence-electron chi connectivity index (χ0n) is 7.71. The molecule has 0 spiro atoms. The summed E-state index contributed by atoms with van der Waals surface area (Å²) in [6, 6.07) is 0. The maximum atomic E-state index is 12.2. The summed E-state index contributed by atoms with van der Waals surface area (Å²) in [6.07, 6.45) is -3.56. The Labute approximate surface area is 87.6 Å². The Balaban J connectivity index is 2.80. The SMILES string of the molecule is CC(CC(=O)O)c1cnc(C(F)(F)F)s1. The molecule has 1 N–H and O–H groups in total. The number of rotatable bonds is 3. The van der Waals surface area contributed by atoms with Crippen LogP contribution in [0, 0.1) is 0 Å². The third kappa shape index (κ3) is 3.19. The number of hydrogen-bond acceptors (Lipinski definition) is 3. The first-order valence-corrected chi connectivity index (χ1v) is 4.87. The van der Waals surface area contributed by atoms with E-state index in [2.05, 4.69) is 4.98 Å². The first-order chi connectivity index (χ1) is 6.80. The summed E-state index contributed by atoms with van der Waals surface area (Å²) in [7, 11) is 0. The lowest BCUT2D eigenvalue weighted by Crippen LogP contribution is -2.03. The minimum atomic E-state index is -4.45. The van der Waals surface area contributed by atoms with E-state index in [1.807, 2.05) is 0 Å². The van der Waals surface area contributed by atoms with Crippen LogP contribution >= 0.6 is 11.3 Å². The van der Waals surface area contributed by atoms with Gasteiger partial charge in [0.25, 0.3) is 0 Å². The summed E-state index contributed by atoms with van der Waals surface area (Å²) < 4.78 is 36.5. The molecule has 1 heterocycles. The number of hydrogen-bond donors (Lipinski definition) is 1. The number of carboxylic acid groups (broad SMARTS) is 1. The van der Waals surface area contributed by atoms with Crippen molar-refractivity contribution in [3.05, 3.63) is 16.1 Å². The van der Waals surface area contributed by atoms with Gasteiger partial charge in [-0.3, -0.25) is 4.79 Å². The average Bonchev–Trinajstić information content (AvgIpc) is 2.48. The molecule has 1 atom stereocenters. The lowest BCUT2D eigenvalue weighted by atomic mass is 10.1. The van der Waals surface area contributed by atoms with Crippen molar-refractivity contribution in [1.82, 2.24) is 4.98 Å². The van der Waals surface area contributed by atoms with Gasteiger partial charge in [0.2, 0.25) is 0 Å². The Morgan fingerprint density at radius 3 is 2.67 bits per heavy atom. The molecule has 0 bridgehead atoms. The summed E-state index contributed by atoms with van der Waals surface area (Å²) in [6.45, 7) is 1.56. The first-order valence-electron chi connectivity index (χ1n) is 4.05. The van der Waals surface area contributed by atoms with Crippen molar-refractivity contribution in [3.8, 4) is 0 Å². The molecule has 1 aromatic heterocycles. The van der Waals surface area contributed by atoms with E-state index in [4.69, 9.17) is 5.11 Å². The van der Waals surface area contributed by atoms with Gasteiger partial charge in [-0.25, -0.2) is 4.98 Å². The number of aliphatic carboxylic acids is 1. The van der Waals surface area contributed by atoms with Crippen LogP contribution in [0.5, 0.6) is 0 Å². The van der Waals surface area contributed by atoms with Gasteiger partial charge in [-0.2, -0.15) is 13.2 Å². The number of carboxylic acids is 1. The molecule has 1 unspecified atom stereocenters. The summed E-state index contributed by atoms with van der Waals surface area (Å²) in [5.41, 5.74) is 0. The second-order valence-corrected chi connectivity index (χ2v) is 4.13. The summed E-state index contributed by atoms with van der Waals surface area (Å²) in [5, 5.41) is 7.54. The third-order valence-corrected chi connectivity index (χ3v) is 3.01. The van der Waals surface area contributed by atoms with Gasteiger partial charge in [-0.1, -0.05) is 6.92 Å². The maximum absolute atomic E-state index is 12.2. The molecule has 0 aliphatic carbocycles. The van der Waals surface area contributed by atoms with Gasteiger partial charge in [0, 0.05) is 17.0 Å². The largest absolute Gasteiger partial charge is 0.481 e. The van der Waals surface area contributed by atoms with Gasteiger partial charge in [0.1, 0.15) is 0 Å². The molecule has 0 aliphatic rings. The topological polar surface area (TPSA) is 50.2 Å². The third-order valence-electron chi connectivity index (χ3n) is 1.73. The minimum absolute atomic E-state index is 0.195. The number of thiazole rings is 1. The molecule has 0 fully saturated rings. The fourth-order valence-corrected chi connectivity index (χ4v) is 1.84. The second-order valence-electron chi connectivity index (χ2n) is 3.06. The number of alkyl halides is 3. The van der Waals surface area contributed by atoms with Crippen LogP contribution in [0.25, 0.3) is 0 Å². The summed E-state index contributed by atoms with van der Waals surface area (Å²) in [5.74, 6) is -1.49. The Bertz CT molecular complexity index is 361. The zero-order valence-corrected chi connectivity index (χ0v) is 8.52. The van der Waals surface area contributed by atoms with Crippen LogP contribution in [0.1, 0.15) is 29.1 Å². The van der Waals surface area contributed by atoms with E-state index in [9.17, 15) is 18.0 Å². The summed E-state index contributed by atoms with van der Waals surface area (Å²) >= 11 is 0.490. The Kier molecular flexibility index (Phi) is 3.33. The van der Waals surface area contributed by atoms with Crippen molar-refractivity contribution >= 4 is 17.3 Å². The van der Waals surface area contributed by atoms with Crippen LogP contribution in [-0.4, -0.2) is 16.1 Å². The fraction of sp³-hybridized carbons (Fsp3) is 0.500. The van der Waals surface area contributed by atoms with Crippen molar-refractivity contribution in [2.45, 2.75) is 25.4 Å². The molecular formula is C8H8F3NO2S. The quantitative estimate of drug-likeness (QED) is 0.882. The van der Waals surface area contributed by atoms with Crippen LogP contribution < -0.4 is 0 Å². The standard InChI is InChI=1S/C8H8F3NO2S/c1-4(2-6(13)14)5-3-12-7(15-5)8(9,10)11/h3-4H,2H2,1H3,(H,13,14). The summed E-state index contributed by atoms with van der Waals surface area (Å²) in [4.78, 5) is 13.9. The molecule has 1 rings (SSSR count). The lowest BCUT2D eigenvalue weighted by molar-refractivity contribution is -0.138. The van der Waals surface area contributed by atoms with Gasteiger partial charge < -0.3 is 5.11 Å².